The lowest BCUT2D eigenvalue weighted by atomic mass is 10.0. The van der Waals surface area contributed by atoms with Crippen molar-refractivity contribution in [3.63, 3.8) is 0 Å². The largest absolute Gasteiger partial charge is 0.293 e. The topological polar surface area (TPSA) is 34.1 Å². The van der Waals surface area contributed by atoms with E-state index in [0.29, 0.717) is 15.6 Å². The summed E-state index contributed by atoms with van der Waals surface area (Å²) < 4.78 is 12.5. The minimum Gasteiger partial charge on any atom is -0.293 e. The first-order valence-corrected chi connectivity index (χ1v) is 8.92. The lowest BCUT2D eigenvalue weighted by molar-refractivity contribution is 0.0992. The number of Topliss-reactive ketones (excluding diaryl/α,β-unsaturated/α-hetero) is 1. The van der Waals surface area contributed by atoms with E-state index < -0.39 is 16.0 Å². The number of benzene rings is 1. The summed E-state index contributed by atoms with van der Waals surface area (Å²) in [5, 5.41) is 0.452. The van der Waals surface area contributed by atoms with Crippen LogP contribution in [0.2, 0.25) is 10.0 Å². The molecule has 1 aliphatic rings. The molecule has 1 saturated carbocycles. The zero-order valence-electron chi connectivity index (χ0n) is 11.4. The fraction of sp³-hybridized carbons (Fsp3) is 0.533. The van der Waals surface area contributed by atoms with E-state index in [1.165, 1.54) is 6.42 Å². The highest BCUT2D eigenvalue weighted by Gasteiger charge is 2.29. The normalized spacial score (nSPS) is 19.6. The van der Waals surface area contributed by atoms with E-state index in [1.807, 2.05) is 0 Å². The molecule has 0 heterocycles. The van der Waals surface area contributed by atoms with Crippen molar-refractivity contribution in [3.8, 4) is 0 Å². The molecule has 1 fully saturated rings. The third kappa shape index (κ3) is 3.63. The van der Waals surface area contributed by atoms with Crippen LogP contribution in [0.5, 0.6) is 0 Å². The van der Waals surface area contributed by atoms with E-state index in [1.54, 1.807) is 25.1 Å². The van der Waals surface area contributed by atoms with Gasteiger partial charge in [0.15, 0.2) is 5.78 Å². The van der Waals surface area contributed by atoms with Crippen LogP contribution in [0.1, 0.15) is 49.4 Å². The predicted molar refractivity (Wildman–Crippen MR) is 85.3 cm³/mol. The first-order valence-electron chi connectivity index (χ1n) is 6.89. The van der Waals surface area contributed by atoms with E-state index in [4.69, 9.17) is 23.2 Å². The number of ketones is 1. The number of halogens is 2. The van der Waals surface area contributed by atoms with Gasteiger partial charge in [-0.2, -0.15) is 0 Å². The minimum absolute atomic E-state index is 0.147. The van der Waals surface area contributed by atoms with Gasteiger partial charge in [-0.25, -0.2) is 0 Å². The van der Waals surface area contributed by atoms with Gasteiger partial charge < -0.3 is 0 Å². The van der Waals surface area contributed by atoms with Gasteiger partial charge in [-0.05, 0) is 38.0 Å². The summed E-state index contributed by atoms with van der Waals surface area (Å²) in [5.74, 6) is -0.157. The molecule has 0 amide bonds. The van der Waals surface area contributed by atoms with Gasteiger partial charge in [0.1, 0.15) is 0 Å². The highest BCUT2D eigenvalue weighted by molar-refractivity contribution is 7.87. The maximum Gasteiger partial charge on any atom is 0.179 e. The second kappa shape index (κ2) is 7.06. The number of rotatable bonds is 4. The van der Waals surface area contributed by atoms with E-state index >= 15 is 0 Å². The van der Waals surface area contributed by atoms with Gasteiger partial charge >= 0.3 is 0 Å². The van der Waals surface area contributed by atoms with Crippen molar-refractivity contribution in [2.75, 3.05) is 0 Å². The predicted octanol–water partition coefficient (Wildman–Crippen LogP) is 4.65. The number of hydrogen-bond acceptors (Lipinski definition) is 2. The number of carbonyl (C=O) groups excluding carboxylic acids is 1. The molecule has 0 radical (unpaired) electrons. The molecule has 0 bridgehead atoms. The van der Waals surface area contributed by atoms with Crippen LogP contribution in [-0.4, -0.2) is 20.5 Å². The Bertz CT molecular complexity index is 525. The Morgan fingerprint density at radius 1 is 1.25 bits per heavy atom. The molecule has 1 aromatic carbocycles. The summed E-state index contributed by atoms with van der Waals surface area (Å²) in [4.78, 5) is 12.4. The van der Waals surface area contributed by atoms with E-state index in [9.17, 15) is 9.00 Å². The van der Waals surface area contributed by atoms with Crippen LogP contribution < -0.4 is 0 Å². The maximum atomic E-state index is 12.5. The fourth-order valence-electron chi connectivity index (χ4n) is 2.60. The molecule has 110 valence electrons. The summed E-state index contributed by atoms with van der Waals surface area (Å²) in [6.07, 6.45) is 5.34. The van der Waals surface area contributed by atoms with Crippen LogP contribution in [0.3, 0.4) is 0 Å². The van der Waals surface area contributed by atoms with Crippen molar-refractivity contribution in [2.45, 2.75) is 49.5 Å². The van der Waals surface area contributed by atoms with Gasteiger partial charge in [-0.15, -0.1) is 0 Å². The van der Waals surface area contributed by atoms with Crippen molar-refractivity contribution in [3.05, 3.63) is 33.8 Å². The van der Waals surface area contributed by atoms with E-state index in [0.717, 1.165) is 25.7 Å². The maximum absolute atomic E-state index is 12.5. The van der Waals surface area contributed by atoms with Crippen LogP contribution in [0.15, 0.2) is 18.2 Å². The summed E-state index contributed by atoms with van der Waals surface area (Å²) in [6, 6.07) is 4.80. The minimum atomic E-state index is -1.14. The number of hydrogen-bond donors (Lipinski definition) is 0. The lowest BCUT2D eigenvalue weighted by Crippen LogP contribution is -2.31. The Morgan fingerprint density at radius 2 is 1.90 bits per heavy atom. The smallest absolute Gasteiger partial charge is 0.179 e. The molecule has 0 N–H and O–H groups in total. The van der Waals surface area contributed by atoms with Crippen LogP contribution in [0, 0.1) is 0 Å². The molecule has 0 saturated heterocycles. The van der Waals surface area contributed by atoms with E-state index in [-0.39, 0.29) is 11.0 Å². The van der Waals surface area contributed by atoms with Crippen LogP contribution in [0.25, 0.3) is 0 Å². The Hall–Kier alpha value is -0.380. The molecule has 0 aliphatic heterocycles. The molecule has 0 spiro atoms. The molecular formula is C15H18Cl2O2S. The zero-order chi connectivity index (χ0) is 14.7. The lowest BCUT2D eigenvalue weighted by Gasteiger charge is -2.23. The van der Waals surface area contributed by atoms with Gasteiger partial charge in [0.2, 0.25) is 0 Å². The molecule has 2 nitrogen and oxygen atoms in total. The molecule has 5 heteroatoms. The van der Waals surface area contributed by atoms with Crippen molar-refractivity contribution >= 4 is 39.8 Å². The van der Waals surface area contributed by atoms with Crippen molar-refractivity contribution in [1.82, 2.24) is 0 Å². The average molecular weight is 333 g/mol. The first-order chi connectivity index (χ1) is 9.50. The molecule has 0 aromatic heterocycles. The Labute approximate surface area is 132 Å². The molecule has 20 heavy (non-hydrogen) atoms. The van der Waals surface area contributed by atoms with Crippen molar-refractivity contribution in [1.29, 1.82) is 0 Å². The highest BCUT2D eigenvalue weighted by Crippen LogP contribution is 2.27. The molecular weight excluding hydrogens is 315 g/mol. The summed E-state index contributed by atoms with van der Waals surface area (Å²) in [6.45, 7) is 1.73. The first kappa shape index (κ1) is 16.0. The summed E-state index contributed by atoms with van der Waals surface area (Å²) in [7, 11) is -1.14. The van der Waals surface area contributed by atoms with Crippen LogP contribution >= 0.6 is 23.2 Å². The van der Waals surface area contributed by atoms with Crippen molar-refractivity contribution < 1.29 is 9.00 Å². The summed E-state index contributed by atoms with van der Waals surface area (Å²) >= 11 is 11.9. The van der Waals surface area contributed by atoms with E-state index in [2.05, 4.69) is 0 Å². The molecule has 1 aromatic rings. The van der Waals surface area contributed by atoms with Gasteiger partial charge in [0, 0.05) is 26.6 Å². The number of carbonyl (C=O) groups is 1. The monoisotopic (exact) mass is 332 g/mol. The molecule has 2 atom stereocenters. The Kier molecular flexibility index (Phi) is 5.65. The standard InChI is InChI=1S/C15H18Cl2O2S/c1-10(20(19)12-5-3-2-4-6-12)15(18)13-8-7-11(16)9-14(13)17/h7-10,12H,2-6H2,1H3. The van der Waals surface area contributed by atoms with Crippen LogP contribution in [-0.2, 0) is 10.8 Å². The SMILES string of the molecule is CC(C(=O)c1ccc(Cl)cc1Cl)S(=O)C1CCCCC1. The third-order valence-corrected chi connectivity index (χ3v) is 6.38. The van der Waals surface area contributed by atoms with Gasteiger partial charge in [-0.1, -0.05) is 42.5 Å². The van der Waals surface area contributed by atoms with Gasteiger partial charge in [0.05, 0.1) is 10.3 Å². The molecule has 2 unspecified atom stereocenters. The zero-order valence-corrected chi connectivity index (χ0v) is 13.7. The highest BCUT2D eigenvalue weighted by atomic mass is 35.5. The molecule has 2 rings (SSSR count). The quantitative estimate of drug-likeness (QED) is 0.752. The fourth-order valence-corrected chi connectivity index (χ4v) is 4.81. The average Bonchev–Trinajstić information content (AvgIpc) is 2.46. The van der Waals surface area contributed by atoms with Crippen molar-refractivity contribution in [2.24, 2.45) is 0 Å². The third-order valence-electron chi connectivity index (χ3n) is 3.80. The van der Waals surface area contributed by atoms with Gasteiger partial charge in [0.25, 0.3) is 0 Å². The van der Waals surface area contributed by atoms with Crippen LogP contribution in [0.4, 0.5) is 0 Å². The van der Waals surface area contributed by atoms with Gasteiger partial charge in [-0.3, -0.25) is 9.00 Å². The molecule has 1 aliphatic carbocycles. The summed E-state index contributed by atoms with van der Waals surface area (Å²) in [5.41, 5.74) is 0.410. The second-order valence-corrected chi connectivity index (χ2v) is 8.09. The Morgan fingerprint density at radius 3 is 2.50 bits per heavy atom. The Balaban J connectivity index is 2.13. The second-order valence-electron chi connectivity index (χ2n) is 5.22.